The van der Waals surface area contributed by atoms with Crippen molar-refractivity contribution in [3.8, 4) is 11.5 Å². The van der Waals surface area contributed by atoms with Crippen LogP contribution in [-0.4, -0.2) is 50.3 Å². The highest BCUT2D eigenvalue weighted by Gasteiger charge is 2.30. The van der Waals surface area contributed by atoms with Crippen LogP contribution < -0.4 is 19.7 Å². The van der Waals surface area contributed by atoms with Gasteiger partial charge in [0.05, 0.1) is 25.8 Å². The second-order valence-corrected chi connectivity index (χ2v) is 7.86. The summed E-state index contributed by atoms with van der Waals surface area (Å²) in [5.74, 6) is -0.0609. The Hall–Kier alpha value is -3.75. The topological polar surface area (TPSA) is 103 Å². The molecule has 0 bridgehead atoms. The van der Waals surface area contributed by atoms with Crippen molar-refractivity contribution in [1.29, 1.82) is 0 Å². The highest BCUT2D eigenvalue weighted by Crippen LogP contribution is 2.30. The van der Waals surface area contributed by atoms with Gasteiger partial charge in [0.1, 0.15) is 17.0 Å². The lowest BCUT2D eigenvalue weighted by atomic mass is 9.97. The number of fused-ring (bicyclic) bond motifs is 1. The number of methoxy groups -OCH3 is 2. The highest BCUT2D eigenvalue weighted by atomic mass is 16.5. The lowest BCUT2D eigenvalue weighted by Crippen LogP contribution is -2.39. The zero-order valence-electron chi connectivity index (χ0n) is 18.9. The maximum absolute atomic E-state index is 12.7. The van der Waals surface area contributed by atoms with E-state index in [1.54, 1.807) is 25.1 Å². The minimum Gasteiger partial charge on any atom is -0.497 e. The van der Waals surface area contributed by atoms with Gasteiger partial charge in [0.25, 0.3) is 11.9 Å². The number of carbonyl (C=O) groups is 2. The minimum absolute atomic E-state index is 0.285. The number of para-hydroxylation sites is 2. The van der Waals surface area contributed by atoms with Crippen LogP contribution in [0.1, 0.15) is 19.8 Å². The molecule has 1 unspecified atom stereocenters. The fourth-order valence-electron chi connectivity index (χ4n) is 3.77. The van der Waals surface area contributed by atoms with Crippen molar-refractivity contribution in [2.24, 2.45) is 5.92 Å². The first-order valence-electron chi connectivity index (χ1n) is 10.8. The van der Waals surface area contributed by atoms with Crippen LogP contribution in [0.4, 0.5) is 11.7 Å². The molecule has 0 spiro atoms. The molecule has 3 aromatic rings. The molecule has 9 nitrogen and oxygen atoms in total. The molecule has 1 saturated heterocycles. The number of nitrogens with one attached hydrogen (secondary N) is 1. The number of amides is 1. The number of oxazole rings is 1. The molecule has 0 radical (unpaired) electrons. The standard InChI is InChI=1S/C24H27N3O6/c1-15(22(28)25-19-14-17(30-2)8-9-20(19)31-3)32-23(29)16-10-12-27(13-11-16)24-26-18-6-4-5-7-21(18)33-24/h4-9,14-16H,10-13H2,1-3H3,(H,25,28). The summed E-state index contributed by atoms with van der Waals surface area (Å²) in [7, 11) is 3.04. The van der Waals surface area contributed by atoms with E-state index in [-0.39, 0.29) is 11.9 Å². The maximum Gasteiger partial charge on any atom is 0.309 e. The monoisotopic (exact) mass is 453 g/mol. The van der Waals surface area contributed by atoms with Gasteiger partial charge in [-0.2, -0.15) is 4.98 Å². The lowest BCUT2D eigenvalue weighted by Gasteiger charge is -2.30. The zero-order chi connectivity index (χ0) is 23.4. The molecule has 0 aliphatic carbocycles. The molecule has 2 heterocycles. The second-order valence-electron chi connectivity index (χ2n) is 7.86. The number of nitrogens with zero attached hydrogens (tertiary/aromatic N) is 2. The van der Waals surface area contributed by atoms with Crippen molar-refractivity contribution in [3.05, 3.63) is 42.5 Å². The number of hydrogen-bond donors (Lipinski definition) is 1. The Labute approximate surface area is 191 Å². The van der Waals surface area contributed by atoms with Crippen molar-refractivity contribution >= 4 is 34.7 Å². The van der Waals surface area contributed by atoms with Crippen LogP contribution in [0.5, 0.6) is 11.5 Å². The lowest BCUT2D eigenvalue weighted by molar-refractivity contribution is -0.158. The molecule has 9 heteroatoms. The van der Waals surface area contributed by atoms with Crippen molar-refractivity contribution in [1.82, 2.24) is 4.98 Å². The number of hydrogen-bond acceptors (Lipinski definition) is 8. The summed E-state index contributed by atoms with van der Waals surface area (Å²) in [6, 6.07) is 13.2. The van der Waals surface area contributed by atoms with Crippen molar-refractivity contribution in [2.75, 3.05) is 37.5 Å². The first kappa shape index (κ1) is 22.4. The van der Waals surface area contributed by atoms with E-state index in [2.05, 4.69) is 10.3 Å². The molecule has 1 N–H and O–H groups in total. The molecule has 2 aromatic carbocycles. The van der Waals surface area contributed by atoms with E-state index in [9.17, 15) is 9.59 Å². The Bertz CT molecular complexity index is 1100. The van der Waals surface area contributed by atoms with E-state index in [1.165, 1.54) is 14.2 Å². The molecule has 0 saturated carbocycles. The van der Waals surface area contributed by atoms with Gasteiger partial charge in [-0.3, -0.25) is 9.59 Å². The van der Waals surface area contributed by atoms with Gasteiger partial charge in [-0.1, -0.05) is 12.1 Å². The highest BCUT2D eigenvalue weighted by molar-refractivity contribution is 5.96. The van der Waals surface area contributed by atoms with E-state index in [1.807, 2.05) is 29.2 Å². The summed E-state index contributed by atoms with van der Waals surface area (Å²) in [6.45, 7) is 2.79. The molecule has 33 heavy (non-hydrogen) atoms. The summed E-state index contributed by atoms with van der Waals surface area (Å²) < 4.78 is 21.7. The number of anilines is 2. The Kier molecular flexibility index (Phi) is 6.67. The van der Waals surface area contributed by atoms with Crippen LogP contribution in [0.25, 0.3) is 11.1 Å². The number of benzene rings is 2. The van der Waals surface area contributed by atoms with E-state index in [0.717, 1.165) is 11.1 Å². The molecular formula is C24H27N3O6. The fraction of sp³-hybridized carbons (Fsp3) is 0.375. The average Bonchev–Trinajstić information content (AvgIpc) is 3.28. The number of carbonyl (C=O) groups excluding carboxylic acids is 2. The number of piperidine rings is 1. The molecule has 4 rings (SSSR count). The Morgan fingerprint density at radius 2 is 1.88 bits per heavy atom. The van der Waals surface area contributed by atoms with Crippen LogP contribution in [-0.2, 0) is 14.3 Å². The number of rotatable bonds is 7. The maximum atomic E-state index is 12.7. The molecule has 1 aromatic heterocycles. The van der Waals surface area contributed by atoms with Crippen LogP contribution >= 0.6 is 0 Å². The molecule has 1 amide bonds. The molecular weight excluding hydrogens is 426 g/mol. The molecule has 1 atom stereocenters. The third-order valence-electron chi connectivity index (χ3n) is 5.71. The average molecular weight is 453 g/mol. The van der Waals surface area contributed by atoms with Gasteiger partial charge in [0.15, 0.2) is 11.7 Å². The van der Waals surface area contributed by atoms with Gasteiger partial charge in [-0.15, -0.1) is 0 Å². The largest absolute Gasteiger partial charge is 0.497 e. The van der Waals surface area contributed by atoms with Gasteiger partial charge in [0, 0.05) is 19.2 Å². The van der Waals surface area contributed by atoms with Crippen LogP contribution in [0.3, 0.4) is 0 Å². The predicted molar refractivity (Wildman–Crippen MR) is 123 cm³/mol. The summed E-state index contributed by atoms with van der Waals surface area (Å²) in [5, 5.41) is 2.74. The Balaban J connectivity index is 1.31. The third kappa shape index (κ3) is 5.02. The quantitative estimate of drug-likeness (QED) is 0.541. The van der Waals surface area contributed by atoms with E-state index in [4.69, 9.17) is 18.6 Å². The van der Waals surface area contributed by atoms with Crippen molar-refractivity contribution < 1.29 is 28.2 Å². The van der Waals surface area contributed by atoms with E-state index < -0.39 is 12.0 Å². The number of ether oxygens (including phenoxy) is 3. The molecule has 174 valence electrons. The Morgan fingerprint density at radius 1 is 1.12 bits per heavy atom. The van der Waals surface area contributed by atoms with Crippen LogP contribution in [0, 0.1) is 5.92 Å². The number of aromatic nitrogens is 1. The van der Waals surface area contributed by atoms with Gasteiger partial charge in [0.2, 0.25) is 0 Å². The normalized spacial score (nSPS) is 15.2. The predicted octanol–water partition coefficient (Wildman–Crippen LogP) is 3.63. The van der Waals surface area contributed by atoms with Gasteiger partial charge < -0.3 is 28.8 Å². The van der Waals surface area contributed by atoms with E-state index in [0.29, 0.717) is 49.1 Å². The molecule has 1 fully saturated rings. The van der Waals surface area contributed by atoms with Crippen molar-refractivity contribution in [3.63, 3.8) is 0 Å². The first-order chi connectivity index (χ1) is 16.0. The van der Waals surface area contributed by atoms with E-state index >= 15 is 0 Å². The Morgan fingerprint density at radius 3 is 2.58 bits per heavy atom. The second kappa shape index (κ2) is 9.81. The van der Waals surface area contributed by atoms with Crippen molar-refractivity contribution in [2.45, 2.75) is 25.9 Å². The molecule has 1 aliphatic rings. The van der Waals surface area contributed by atoms with Gasteiger partial charge >= 0.3 is 5.97 Å². The van der Waals surface area contributed by atoms with Gasteiger partial charge in [-0.25, -0.2) is 0 Å². The van der Waals surface area contributed by atoms with Gasteiger partial charge in [-0.05, 0) is 44.0 Å². The zero-order valence-corrected chi connectivity index (χ0v) is 18.9. The smallest absolute Gasteiger partial charge is 0.309 e. The molecule has 1 aliphatic heterocycles. The first-order valence-corrected chi connectivity index (χ1v) is 10.8. The number of esters is 1. The summed E-state index contributed by atoms with van der Waals surface area (Å²) >= 11 is 0. The SMILES string of the molecule is COc1ccc(OC)c(NC(=O)C(C)OC(=O)C2CCN(c3nc4ccccc4o3)CC2)c1. The van der Waals surface area contributed by atoms with Crippen LogP contribution in [0.15, 0.2) is 46.9 Å². The summed E-state index contributed by atoms with van der Waals surface area (Å²) in [4.78, 5) is 31.8. The summed E-state index contributed by atoms with van der Waals surface area (Å²) in [5.41, 5.74) is 1.99. The summed E-state index contributed by atoms with van der Waals surface area (Å²) in [6.07, 6.45) is 0.231. The third-order valence-corrected chi connectivity index (χ3v) is 5.71. The fourth-order valence-corrected chi connectivity index (χ4v) is 3.77. The van der Waals surface area contributed by atoms with Crippen LogP contribution in [0.2, 0.25) is 0 Å². The minimum atomic E-state index is -0.955.